The zero-order chi connectivity index (χ0) is 20.1. The second-order valence-corrected chi connectivity index (χ2v) is 6.45. The van der Waals surface area contributed by atoms with Crippen LogP contribution in [0.25, 0.3) is 0 Å². The summed E-state index contributed by atoms with van der Waals surface area (Å²) in [6.07, 6.45) is 3.24. The van der Waals surface area contributed by atoms with Crippen LogP contribution in [0.1, 0.15) is 5.56 Å². The summed E-state index contributed by atoms with van der Waals surface area (Å²) in [6, 6.07) is 23.7. The SMILES string of the molecule is Cc1ccc(Nc2ncnc(NN(c3ccccc3)c3ccccc3)c2N)nc1. The van der Waals surface area contributed by atoms with Gasteiger partial charge >= 0.3 is 0 Å². The van der Waals surface area contributed by atoms with E-state index in [1.165, 1.54) is 6.33 Å². The molecule has 0 unspecified atom stereocenters. The van der Waals surface area contributed by atoms with Gasteiger partial charge in [0.05, 0.1) is 11.4 Å². The first-order valence-electron chi connectivity index (χ1n) is 9.18. The van der Waals surface area contributed by atoms with Crippen molar-refractivity contribution in [1.82, 2.24) is 15.0 Å². The first-order valence-corrected chi connectivity index (χ1v) is 9.18. The van der Waals surface area contributed by atoms with Gasteiger partial charge in [-0.25, -0.2) is 15.0 Å². The second kappa shape index (κ2) is 8.26. The molecule has 4 rings (SSSR count). The minimum Gasteiger partial charge on any atom is -0.393 e. The zero-order valence-electron chi connectivity index (χ0n) is 15.9. The molecule has 4 N–H and O–H groups in total. The number of rotatable bonds is 6. The molecule has 0 amide bonds. The van der Waals surface area contributed by atoms with Crippen LogP contribution in [0.4, 0.5) is 34.5 Å². The molecule has 0 aliphatic rings. The molecule has 0 aliphatic heterocycles. The number of hydrogen-bond donors (Lipinski definition) is 3. The minimum absolute atomic E-state index is 0.395. The molecule has 0 saturated heterocycles. The third-order valence-corrected chi connectivity index (χ3v) is 4.29. The molecule has 2 aromatic heterocycles. The summed E-state index contributed by atoms with van der Waals surface area (Å²) in [6.45, 7) is 1.99. The number of nitrogens with zero attached hydrogens (tertiary/aromatic N) is 4. The van der Waals surface area contributed by atoms with Gasteiger partial charge in [-0.05, 0) is 42.8 Å². The average Bonchev–Trinajstić information content (AvgIpc) is 2.77. The van der Waals surface area contributed by atoms with Gasteiger partial charge in [0.25, 0.3) is 0 Å². The van der Waals surface area contributed by atoms with Crippen LogP contribution >= 0.6 is 0 Å². The highest BCUT2D eigenvalue weighted by atomic mass is 15.5. The van der Waals surface area contributed by atoms with E-state index in [4.69, 9.17) is 5.73 Å². The van der Waals surface area contributed by atoms with Crippen LogP contribution in [0.3, 0.4) is 0 Å². The Bertz CT molecular complexity index is 1030. The number of nitrogens with one attached hydrogen (secondary N) is 2. The maximum Gasteiger partial charge on any atom is 0.173 e. The van der Waals surface area contributed by atoms with E-state index in [0.717, 1.165) is 16.9 Å². The molecule has 0 bridgehead atoms. The summed E-state index contributed by atoms with van der Waals surface area (Å²) in [4.78, 5) is 12.9. The maximum absolute atomic E-state index is 6.36. The number of nitrogen functional groups attached to an aromatic ring is 1. The van der Waals surface area contributed by atoms with Crippen LogP contribution < -0.4 is 21.5 Å². The van der Waals surface area contributed by atoms with E-state index in [1.807, 2.05) is 84.7 Å². The molecule has 0 aliphatic carbocycles. The van der Waals surface area contributed by atoms with Crippen molar-refractivity contribution in [2.45, 2.75) is 6.92 Å². The summed E-state index contributed by atoms with van der Waals surface area (Å²) in [7, 11) is 0. The number of para-hydroxylation sites is 2. The van der Waals surface area contributed by atoms with Crippen molar-refractivity contribution >= 4 is 34.5 Å². The lowest BCUT2D eigenvalue weighted by atomic mass is 10.2. The molecule has 0 saturated carbocycles. The van der Waals surface area contributed by atoms with Gasteiger partial charge in [0, 0.05) is 6.20 Å². The number of anilines is 6. The van der Waals surface area contributed by atoms with Gasteiger partial charge in [-0.1, -0.05) is 42.5 Å². The first kappa shape index (κ1) is 18.2. The summed E-state index contributed by atoms with van der Waals surface area (Å²) in [5.41, 5.74) is 13.0. The summed E-state index contributed by atoms with van der Waals surface area (Å²) in [5, 5.41) is 5.07. The molecule has 0 radical (unpaired) electrons. The number of benzene rings is 2. The molecule has 2 aromatic carbocycles. The highest BCUT2D eigenvalue weighted by Gasteiger charge is 2.14. The second-order valence-electron chi connectivity index (χ2n) is 6.45. The molecule has 0 atom stereocenters. The number of hydrogen-bond acceptors (Lipinski definition) is 7. The van der Waals surface area contributed by atoms with Crippen LogP contribution in [0.5, 0.6) is 0 Å². The van der Waals surface area contributed by atoms with Gasteiger partial charge < -0.3 is 11.1 Å². The van der Waals surface area contributed by atoms with Crippen molar-refractivity contribution in [2.24, 2.45) is 0 Å². The van der Waals surface area contributed by atoms with E-state index >= 15 is 0 Å². The van der Waals surface area contributed by atoms with Crippen molar-refractivity contribution in [3.8, 4) is 0 Å². The first-order chi connectivity index (χ1) is 14.2. The van der Waals surface area contributed by atoms with Crippen LogP contribution in [-0.2, 0) is 0 Å². The fraction of sp³-hybridized carbons (Fsp3) is 0.0455. The highest BCUT2D eigenvalue weighted by Crippen LogP contribution is 2.30. The summed E-state index contributed by atoms with van der Waals surface area (Å²) >= 11 is 0. The van der Waals surface area contributed by atoms with Crippen LogP contribution in [0.2, 0.25) is 0 Å². The fourth-order valence-corrected chi connectivity index (χ4v) is 2.79. The van der Waals surface area contributed by atoms with Gasteiger partial charge in [-0.2, -0.15) is 0 Å². The van der Waals surface area contributed by atoms with Gasteiger partial charge in [-0.3, -0.25) is 10.4 Å². The minimum atomic E-state index is 0.395. The molecular weight excluding hydrogens is 362 g/mol. The number of aromatic nitrogens is 3. The van der Waals surface area contributed by atoms with E-state index in [2.05, 4.69) is 25.7 Å². The van der Waals surface area contributed by atoms with Gasteiger partial charge in [-0.15, -0.1) is 0 Å². The number of hydrazine groups is 1. The molecular formula is C22H21N7. The largest absolute Gasteiger partial charge is 0.393 e. The van der Waals surface area contributed by atoms with Gasteiger partial charge in [0.2, 0.25) is 0 Å². The van der Waals surface area contributed by atoms with E-state index in [-0.39, 0.29) is 0 Å². The van der Waals surface area contributed by atoms with Crippen LogP contribution in [0, 0.1) is 6.92 Å². The predicted molar refractivity (Wildman–Crippen MR) is 117 cm³/mol. The topological polar surface area (TPSA) is 92.0 Å². The number of aryl methyl sites for hydroxylation is 1. The quantitative estimate of drug-likeness (QED) is 0.417. The van der Waals surface area contributed by atoms with Crippen molar-refractivity contribution in [3.63, 3.8) is 0 Å². The Kier molecular flexibility index (Phi) is 5.20. The molecule has 2 heterocycles. The van der Waals surface area contributed by atoms with Gasteiger partial charge in [0.1, 0.15) is 17.8 Å². The normalized spacial score (nSPS) is 10.4. The number of nitrogens with two attached hydrogens (primary N) is 1. The standard InChI is InChI=1S/C22H21N7/c1-16-12-13-19(24-14-16)27-21-20(23)22(26-15-25-21)28-29(17-8-4-2-5-9-17)18-10-6-3-7-11-18/h2-15H,23H2,1H3,(H2,24,25,26,27,28). The molecule has 7 nitrogen and oxygen atoms in total. The van der Waals surface area contributed by atoms with E-state index in [0.29, 0.717) is 23.1 Å². The highest BCUT2D eigenvalue weighted by molar-refractivity contribution is 5.79. The fourth-order valence-electron chi connectivity index (χ4n) is 2.79. The summed E-state index contributed by atoms with van der Waals surface area (Å²) in [5.74, 6) is 1.64. The average molecular weight is 383 g/mol. The predicted octanol–water partition coefficient (Wildman–Crippen LogP) is 4.67. The van der Waals surface area contributed by atoms with Crippen molar-refractivity contribution < 1.29 is 0 Å². The Morgan fingerprint density at radius 3 is 1.97 bits per heavy atom. The lowest BCUT2D eigenvalue weighted by Gasteiger charge is -2.26. The third-order valence-electron chi connectivity index (χ3n) is 4.29. The Morgan fingerprint density at radius 1 is 0.759 bits per heavy atom. The molecule has 7 heteroatoms. The Morgan fingerprint density at radius 2 is 1.38 bits per heavy atom. The summed E-state index contributed by atoms with van der Waals surface area (Å²) < 4.78 is 0. The molecule has 144 valence electrons. The maximum atomic E-state index is 6.36. The third kappa shape index (κ3) is 4.24. The van der Waals surface area contributed by atoms with Crippen LogP contribution in [-0.4, -0.2) is 15.0 Å². The Balaban J connectivity index is 1.65. The van der Waals surface area contributed by atoms with E-state index in [1.54, 1.807) is 6.20 Å². The zero-order valence-corrected chi connectivity index (χ0v) is 15.9. The van der Waals surface area contributed by atoms with E-state index < -0.39 is 0 Å². The van der Waals surface area contributed by atoms with Crippen LogP contribution in [0.15, 0.2) is 85.3 Å². The number of pyridine rings is 1. The van der Waals surface area contributed by atoms with Crippen molar-refractivity contribution in [1.29, 1.82) is 0 Å². The lowest BCUT2D eigenvalue weighted by Crippen LogP contribution is -2.26. The van der Waals surface area contributed by atoms with Crippen molar-refractivity contribution in [2.75, 3.05) is 21.5 Å². The monoisotopic (exact) mass is 383 g/mol. The van der Waals surface area contributed by atoms with Gasteiger partial charge in [0.15, 0.2) is 11.6 Å². The molecule has 29 heavy (non-hydrogen) atoms. The molecule has 0 fully saturated rings. The Labute approximate surface area is 169 Å². The smallest absolute Gasteiger partial charge is 0.173 e. The van der Waals surface area contributed by atoms with E-state index in [9.17, 15) is 0 Å². The molecule has 4 aromatic rings. The molecule has 0 spiro atoms. The van der Waals surface area contributed by atoms with Crippen molar-refractivity contribution in [3.05, 3.63) is 90.9 Å². The lowest BCUT2D eigenvalue weighted by molar-refractivity contribution is 1.09. The Hall–Kier alpha value is -4.13.